The quantitative estimate of drug-likeness (QED) is 0.760. The molecule has 1 rings (SSSR count). The van der Waals surface area contributed by atoms with Gasteiger partial charge in [-0.1, -0.05) is 11.6 Å². The largest absolute Gasteiger partial charge is 0.496 e. The normalized spacial score (nSPS) is 12.2. The van der Waals surface area contributed by atoms with Crippen LogP contribution in [0, 0.1) is 6.92 Å². The fourth-order valence-electron chi connectivity index (χ4n) is 1.20. The molecule has 0 saturated carbocycles. The second kappa shape index (κ2) is 4.11. The Balaban J connectivity index is 3.16. The lowest BCUT2D eigenvalue weighted by Gasteiger charge is -2.11. The molecule has 1 unspecified atom stereocenters. The molecule has 1 atom stereocenters. The third-order valence-electron chi connectivity index (χ3n) is 1.91. The van der Waals surface area contributed by atoms with Crippen molar-refractivity contribution in [1.29, 1.82) is 0 Å². The van der Waals surface area contributed by atoms with Crippen LogP contribution >= 0.6 is 0 Å². The van der Waals surface area contributed by atoms with Crippen LogP contribution in [0.15, 0.2) is 18.2 Å². The van der Waals surface area contributed by atoms with Crippen molar-refractivity contribution in [3.63, 3.8) is 0 Å². The van der Waals surface area contributed by atoms with Gasteiger partial charge in [-0.25, -0.2) is 4.79 Å². The van der Waals surface area contributed by atoms with Crippen molar-refractivity contribution in [2.45, 2.75) is 13.0 Å². The summed E-state index contributed by atoms with van der Waals surface area (Å²) in [6, 6.07) is 5.02. The van der Waals surface area contributed by atoms with Crippen molar-refractivity contribution in [1.82, 2.24) is 0 Å². The molecule has 4 heteroatoms. The molecule has 0 spiro atoms. The summed E-state index contributed by atoms with van der Waals surface area (Å²) >= 11 is 0. The minimum absolute atomic E-state index is 0.278. The molecule has 1 aromatic rings. The van der Waals surface area contributed by atoms with Crippen molar-refractivity contribution in [2.75, 3.05) is 7.11 Å². The van der Waals surface area contributed by atoms with Crippen LogP contribution in [0.3, 0.4) is 0 Å². The first kappa shape index (κ1) is 10.5. The Morgan fingerprint density at radius 3 is 2.64 bits per heavy atom. The predicted octanol–water partition coefficient (Wildman–Crippen LogP) is 1.12. The fraction of sp³-hybridized carbons (Fsp3) is 0.300. The first-order valence-electron chi connectivity index (χ1n) is 4.11. The van der Waals surface area contributed by atoms with Crippen LogP contribution < -0.4 is 4.74 Å². The van der Waals surface area contributed by atoms with E-state index in [0.717, 1.165) is 5.56 Å². The zero-order chi connectivity index (χ0) is 10.7. The summed E-state index contributed by atoms with van der Waals surface area (Å²) in [5, 5.41) is 18.0. The highest BCUT2D eigenvalue weighted by Gasteiger charge is 2.20. The highest BCUT2D eigenvalue weighted by molar-refractivity contribution is 5.75. The molecule has 1 aromatic carbocycles. The number of carboxylic acid groups (broad SMARTS) is 1. The molecule has 0 saturated heterocycles. The van der Waals surface area contributed by atoms with Crippen LogP contribution in [0.5, 0.6) is 5.75 Å². The summed E-state index contributed by atoms with van der Waals surface area (Å²) in [6.45, 7) is 1.82. The average Bonchev–Trinajstić information content (AvgIpc) is 2.16. The van der Waals surface area contributed by atoms with Crippen molar-refractivity contribution in [3.8, 4) is 5.75 Å². The summed E-state index contributed by atoms with van der Waals surface area (Å²) < 4.78 is 4.95. The van der Waals surface area contributed by atoms with E-state index in [0.29, 0.717) is 5.75 Å². The van der Waals surface area contributed by atoms with Crippen LogP contribution in [0.4, 0.5) is 0 Å². The monoisotopic (exact) mass is 196 g/mol. The minimum Gasteiger partial charge on any atom is -0.496 e. The Kier molecular flexibility index (Phi) is 3.09. The second-order valence-electron chi connectivity index (χ2n) is 2.99. The predicted molar refractivity (Wildman–Crippen MR) is 50.3 cm³/mol. The Hall–Kier alpha value is -1.55. The van der Waals surface area contributed by atoms with Gasteiger partial charge in [0.05, 0.1) is 7.11 Å². The standard InChI is InChI=1S/C10H12O4/c1-6-3-4-8(14-2)7(5-6)9(11)10(12)13/h3-5,9,11H,1-2H3,(H,12,13). The molecule has 0 heterocycles. The van der Waals surface area contributed by atoms with E-state index >= 15 is 0 Å². The maximum absolute atomic E-state index is 10.6. The van der Waals surface area contributed by atoms with Crippen LogP contribution in [-0.2, 0) is 4.79 Å². The van der Waals surface area contributed by atoms with Gasteiger partial charge in [0.2, 0.25) is 0 Å². The van der Waals surface area contributed by atoms with Gasteiger partial charge in [-0.05, 0) is 19.1 Å². The number of aryl methyl sites for hydroxylation is 1. The third kappa shape index (κ3) is 2.03. The summed E-state index contributed by atoms with van der Waals surface area (Å²) in [5.74, 6) is -0.903. The molecule has 0 amide bonds. The number of ether oxygens (including phenoxy) is 1. The lowest BCUT2D eigenvalue weighted by molar-refractivity contribution is -0.147. The van der Waals surface area contributed by atoms with Gasteiger partial charge in [-0.2, -0.15) is 0 Å². The Morgan fingerprint density at radius 2 is 2.14 bits per heavy atom. The first-order valence-corrected chi connectivity index (χ1v) is 4.11. The molecule has 0 bridgehead atoms. The maximum atomic E-state index is 10.6. The van der Waals surface area contributed by atoms with Crippen LogP contribution in [0.1, 0.15) is 17.2 Å². The molecule has 76 valence electrons. The molecule has 0 aliphatic rings. The Morgan fingerprint density at radius 1 is 1.50 bits per heavy atom. The van der Waals surface area contributed by atoms with Gasteiger partial charge >= 0.3 is 5.97 Å². The topological polar surface area (TPSA) is 66.8 Å². The number of hydrogen-bond donors (Lipinski definition) is 2. The molecule has 4 nitrogen and oxygen atoms in total. The highest BCUT2D eigenvalue weighted by Crippen LogP contribution is 2.26. The summed E-state index contributed by atoms with van der Waals surface area (Å²) in [4.78, 5) is 10.6. The van der Waals surface area contributed by atoms with Gasteiger partial charge in [-0.3, -0.25) is 0 Å². The maximum Gasteiger partial charge on any atom is 0.337 e. The molecule has 0 radical (unpaired) electrons. The molecular weight excluding hydrogens is 184 g/mol. The molecular formula is C10H12O4. The summed E-state index contributed by atoms with van der Waals surface area (Å²) in [5.41, 5.74) is 1.15. The van der Waals surface area contributed by atoms with Gasteiger partial charge < -0.3 is 14.9 Å². The number of methoxy groups -OCH3 is 1. The zero-order valence-corrected chi connectivity index (χ0v) is 8.02. The number of aliphatic hydroxyl groups is 1. The SMILES string of the molecule is COc1ccc(C)cc1C(O)C(=O)O. The number of benzene rings is 1. The first-order chi connectivity index (χ1) is 6.56. The molecule has 2 N–H and O–H groups in total. The van der Waals surface area contributed by atoms with E-state index < -0.39 is 12.1 Å². The summed E-state index contributed by atoms with van der Waals surface area (Å²) in [6.07, 6.45) is -1.54. The van der Waals surface area contributed by atoms with Crippen molar-refractivity contribution >= 4 is 5.97 Å². The highest BCUT2D eigenvalue weighted by atomic mass is 16.5. The molecule has 14 heavy (non-hydrogen) atoms. The molecule has 0 aliphatic heterocycles. The molecule has 0 fully saturated rings. The number of hydrogen-bond acceptors (Lipinski definition) is 3. The Bertz CT molecular complexity index is 346. The smallest absolute Gasteiger partial charge is 0.337 e. The lowest BCUT2D eigenvalue weighted by atomic mass is 10.1. The van der Waals surface area contributed by atoms with E-state index in [1.807, 2.05) is 6.92 Å². The second-order valence-corrected chi connectivity index (χ2v) is 2.99. The van der Waals surface area contributed by atoms with Crippen molar-refractivity contribution < 1.29 is 19.7 Å². The van der Waals surface area contributed by atoms with Gasteiger partial charge in [0, 0.05) is 5.56 Å². The van der Waals surface area contributed by atoms with Crippen LogP contribution in [0.25, 0.3) is 0 Å². The van der Waals surface area contributed by atoms with E-state index in [-0.39, 0.29) is 5.56 Å². The van der Waals surface area contributed by atoms with Crippen molar-refractivity contribution in [3.05, 3.63) is 29.3 Å². The van der Waals surface area contributed by atoms with Crippen LogP contribution in [-0.4, -0.2) is 23.3 Å². The number of rotatable bonds is 3. The van der Waals surface area contributed by atoms with E-state index in [1.54, 1.807) is 18.2 Å². The zero-order valence-electron chi connectivity index (χ0n) is 8.02. The molecule has 0 aromatic heterocycles. The molecule has 0 aliphatic carbocycles. The summed E-state index contributed by atoms with van der Waals surface area (Å²) in [7, 11) is 1.43. The number of carbonyl (C=O) groups is 1. The lowest BCUT2D eigenvalue weighted by Crippen LogP contribution is -2.11. The minimum atomic E-state index is -1.54. The van der Waals surface area contributed by atoms with Gasteiger partial charge in [0.15, 0.2) is 6.10 Å². The average molecular weight is 196 g/mol. The van der Waals surface area contributed by atoms with Crippen molar-refractivity contribution in [2.24, 2.45) is 0 Å². The Labute approximate surface area is 81.8 Å². The van der Waals surface area contributed by atoms with E-state index in [9.17, 15) is 9.90 Å². The number of carboxylic acids is 1. The van der Waals surface area contributed by atoms with E-state index in [4.69, 9.17) is 9.84 Å². The van der Waals surface area contributed by atoms with Gasteiger partial charge in [0.1, 0.15) is 5.75 Å². The third-order valence-corrected chi connectivity index (χ3v) is 1.91. The van der Waals surface area contributed by atoms with Crippen LogP contribution in [0.2, 0.25) is 0 Å². The fourth-order valence-corrected chi connectivity index (χ4v) is 1.20. The van der Waals surface area contributed by atoms with E-state index in [1.165, 1.54) is 7.11 Å². The number of aliphatic hydroxyl groups excluding tert-OH is 1. The van der Waals surface area contributed by atoms with Gasteiger partial charge in [-0.15, -0.1) is 0 Å². The van der Waals surface area contributed by atoms with E-state index in [2.05, 4.69) is 0 Å². The number of aliphatic carboxylic acids is 1. The van der Waals surface area contributed by atoms with Gasteiger partial charge in [0.25, 0.3) is 0 Å².